The third-order valence-electron chi connectivity index (χ3n) is 2.93. The van der Waals surface area contributed by atoms with Gasteiger partial charge >= 0.3 is 0 Å². The van der Waals surface area contributed by atoms with Gasteiger partial charge in [0, 0.05) is 6.04 Å². The molecule has 2 unspecified atom stereocenters. The molecule has 1 rings (SSSR count). The van der Waals surface area contributed by atoms with E-state index in [4.69, 9.17) is 5.73 Å². The highest BCUT2D eigenvalue weighted by atomic mass is 16.2. The van der Waals surface area contributed by atoms with Crippen molar-refractivity contribution in [3.8, 4) is 0 Å². The van der Waals surface area contributed by atoms with E-state index in [1.165, 1.54) is 12.8 Å². The van der Waals surface area contributed by atoms with Crippen molar-refractivity contribution in [1.82, 2.24) is 5.32 Å². The molecule has 3 heteroatoms. The highest BCUT2D eigenvalue weighted by Crippen LogP contribution is 2.34. The third-order valence-corrected chi connectivity index (χ3v) is 2.93. The van der Waals surface area contributed by atoms with Gasteiger partial charge in [0.15, 0.2) is 0 Å². The van der Waals surface area contributed by atoms with E-state index in [2.05, 4.69) is 12.2 Å². The molecule has 1 saturated carbocycles. The molecule has 0 spiro atoms. The lowest BCUT2D eigenvalue weighted by Gasteiger charge is -2.15. The van der Waals surface area contributed by atoms with E-state index in [1.807, 2.05) is 13.8 Å². The van der Waals surface area contributed by atoms with Gasteiger partial charge in [0.05, 0.1) is 6.04 Å². The van der Waals surface area contributed by atoms with Crippen LogP contribution in [0.4, 0.5) is 0 Å². The molecule has 14 heavy (non-hydrogen) atoms. The summed E-state index contributed by atoms with van der Waals surface area (Å²) in [4.78, 5) is 11.5. The molecule has 0 saturated heterocycles. The lowest BCUT2D eigenvalue weighted by molar-refractivity contribution is -0.123. The zero-order chi connectivity index (χ0) is 10.7. The Labute approximate surface area is 86.4 Å². The zero-order valence-corrected chi connectivity index (χ0v) is 9.42. The highest BCUT2D eigenvalue weighted by molar-refractivity contribution is 5.82. The fourth-order valence-electron chi connectivity index (χ4n) is 1.70. The summed E-state index contributed by atoms with van der Waals surface area (Å²) < 4.78 is 0. The number of nitrogens with two attached hydrogens (primary N) is 1. The summed E-state index contributed by atoms with van der Waals surface area (Å²) in [5.41, 5.74) is 5.74. The van der Waals surface area contributed by atoms with Gasteiger partial charge in [-0.05, 0) is 24.7 Å². The molecular weight excluding hydrogens is 176 g/mol. The average Bonchev–Trinajstić information content (AvgIpc) is 2.82. The van der Waals surface area contributed by atoms with Gasteiger partial charge in [-0.3, -0.25) is 4.79 Å². The van der Waals surface area contributed by atoms with Gasteiger partial charge in [-0.2, -0.15) is 0 Å². The Morgan fingerprint density at radius 1 is 1.57 bits per heavy atom. The number of hydrogen-bond donors (Lipinski definition) is 2. The topological polar surface area (TPSA) is 55.1 Å². The normalized spacial score (nSPS) is 27.5. The van der Waals surface area contributed by atoms with Crippen molar-refractivity contribution in [3.63, 3.8) is 0 Å². The first-order valence-electron chi connectivity index (χ1n) is 5.62. The molecule has 0 aliphatic heterocycles. The van der Waals surface area contributed by atoms with Crippen LogP contribution in [-0.4, -0.2) is 18.0 Å². The molecule has 0 aromatic heterocycles. The smallest absolute Gasteiger partial charge is 0.237 e. The SMILES string of the molecule is CCCC1CC1NC(=O)[C@@H](N)C(C)C. The van der Waals surface area contributed by atoms with Crippen LogP contribution in [0.15, 0.2) is 0 Å². The standard InChI is InChI=1S/C11H22N2O/c1-4-5-8-6-9(8)13-11(14)10(12)7(2)3/h7-10H,4-6,12H2,1-3H3,(H,13,14)/t8?,9?,10-/m0/s1. The summed E-state index contributed by atoms with van der Waals surface area (Å²) in [6.07, 6.45) is 3.57. The van der Waals surface area contributed by atoms with Crippen molar-refractivity contribution in [2.45, 2.75) is 52.1 Å². The summed E-state index contributed by atoms with van der Waals surface area (Å²) >= 11 is 0. The Hall–Kier alpha value is -0.570. The van der Waals surface area contributed by atoms with E-state index in [9.17, 15) is 4.79 Å². The quantitative estimate of drug-likeness (QED) is 0.699. The van der Waals surface area contributed by atoms with E-state index >= 15 is 0 Å². The first-order valence-corrected chi connectivity index (χ1v) is 5.62. The molecule has 0 aromatic carbocycles. The molecule has 3 nitrogen and oxygen atoms in total. The Morgan fingerprint density at radius 2 is 2.21 bits per heavy atom. The molecule has 0 bridgehead atoms. The molecule has 3 N–H and O–H groups in total. The fraction of sp³-hybridized carbons (Fsp3) is 0.909. The van der Waals surface area contributed by atoms with Crippen LogP contribution in [0.3, 0.4) is 0 Å². The lowest BCUT2D eigenvalue weighted by Crippen LogP contribution is -2.45. The number of nitrogens with one attached hydrogen (secondary N) is 1. The van der Waals surface area contributed by atoms with E-state index in [0.29, 0.717) is 12.0 Å². The summed E-state index contributed by atoms with van der Waals surface area (Å²) in [5, 5.41) is 3.01. The third kappa shape index (κ3) is 2.98. The average molecular weight is 198 g/mol. The van der Waals surface area contributed by atoms with Gasteiger partial charge < -0.3 is 11.1 Å². The number of amides is 1. The lowest BCUT2D eigenvalue weighted by atomic mass is 10.1. The summed E-state index contributed by atoms with van der Waals surface area (Å²) in [7, 11) is 0. The Balaban J connectivity index is 2.23. The predicted molar refractivity (Wildman–Crippen MR) is 57.8 cm³/mol. The van der Waals surface area contributed by atoms with Crippen LogP contribution in [0.5, 0.6) is 0 Å². The second-order valence-corrected chi connectivity index (χ2v) is 4.67. The second kappa shape index (κ2) is 4.78. The molecule has 3 atom stereocenters. The predicted octanol–water partition coefficient (Wildman–Crippen LogP) is 1.27. The Morgan fingerprint density at radius 3 is 2.71 bits per heavy atom. The minimum absolute atomic E-state index is 0.0172. The monoisotopic (exact) mass is 198 g/mol. The minimum Gasteiger partial charge on any atom is -0.352 e. The van der Waals surface area contributed by atoms with Crippen LogP contribution < -0.4 is 11.1 Å². The van der Waals surface area contributed by atoms with Crippen molar-refractivity contribution in [3.05, 3.63) is 0 Å². The van der Waals surface area contributed by atoms with Crippen molar-refractivity contribution < 1.29 is 4.79 Å². The molecular formula is C11H22N2O. The number of carbonyl (C=O) groups excluding carboxylic acids is 1. The summed E-state index contributed by atoms with van der Waals surface area (Å²) in [5.74, 6) is 0.949. The minimum atomic E-state index is -0.349. The van der Waals surface area contributed by atoms with Crippen molar-refractivity contribution in [1.29, 1.82) is 0 Å². The number of rotatable bonds is 5. The maximum Gasteiger partial charge on any atom is 0.237 e. The van der Waals surface area contributed by atoms with Crippen LogP contribution in [-0.2, 0) is 4.79 Å². The molecule has 0 heterocycles. The van der Waals surface area contributed by atoms with Crippen LogP contribution in [0.1, 0.15) is 40.0 Å². The Bertz CT molecular complexity index is 203. The van der Waals surface area contributed by atoms with Crippen molar-refractivity contribution >= 4 is 5.91 Å². The molecule has 1 aliphatic rings. The van der Waals surface area contributed by atoms with Crippen LogP contribution >= 0.6 is 0 Å². The van der Waals surface area contributed by atoms with Gasteiger partial charge in [-0.25, -0.2) is 0 Å². The van der Waals surface area contributed by atoms with Gasteiger partial charge in [-0.1, -0.05) is 27.2 Å². The van der Waals surface area contributed by atoms with E-state index in [1.54, 1.807) is 0 Å². The molecule has 1 aliphatic carbocycles. The van der Waals surface area contributed by atoms with Gasteiger partial charge in [0.25, 0.3) is 0 Å². The maximum atomic E-state index is 11.5. The number of carbonyl (C=O) groups is 1. The first kappa shape index (κ1) is 11.5. The van der Waals surface area contributed by atoms with Crippen LogP contribution in [0.25, 0.3) is 0 Å². The molecule has 82 valence electrons. The molecule has 1 fully saturated rings. The second-order valence-electron chi connectivity index (χ2n) is 4.67. The van der Waals surface area contributed by atoms with E-state index in [0.717, 1.165) is 6.42 Å². The summed E-state index contributed by atoms with van der Waals surface area (Å²) in [6.45, 7) is 6.12. The molecule has 0 radical (unpaired) electrons. The first-order chi connectivity index (χ1) is 6.56. The molecule has 0 aromatic rings. The Kier molecular flexibility index (Phi) is 3.93. The van der Waals surface area contributed by atoms with Gasteiger partial charge in [0.2, 0.25) is 5.91 Å². The summed E-state index contributed by atoms with van der Waals surface area (Å²) in [6, 6.07) is 0.0603. The molecule has 1 amide bonds. The largest absolute Gasteiger partial charge is 0.352 e. The van der Waals surface area contributed by atoms with E-state index in [-0.39, 0.29) is 17.9 Å². The highest BCUT2D eigenvalue weighted by Gasteiger charge is 2.38. The van der Waals surface area contributed by atoms with Crippen molar-refractivity contribution in [2.75, 3.05) is 0 Å². The fourth-order valence-corrected chi connectivity index (χ4v) is 1.70. The van der Waals surface area contributed by atoms with Crippen LogP contribution in [0, 0.1) is 11.8 Å². The van der Waals surface area contributed by atoms with Gasteiger partial charge in [-0.15, -0.1) is 0 Å². The van der Waals surface area contributed by atoms with Crippen molar-refractivity contribution in [2.24, 2.45) is 17.6 Å². The van der Waals surface area contributed by atoms with E-state index < -0.39 is 0 Å². The number of hydrogen-bond acceptors (Lipinski definition) is 2. The zero-order valence-electron chi connectivity index (χ0n) is 9.42. The van der Waals surface area contributed by atoms with Crippen LogP contribution in [0.2, 0.25) is 0 Å². The van der Waals surface area contributed by atoms with Gasteiger partial charge in [0.1, 0.15) is 0 Å². The maximum absolute atomic E-state index is 11.5.